The van der Waals surface area contributed by atoms with Crippen LogP contribution in [0.15, 0.2) is 94.9 Å². The number of rotatable bonds is 9. The van der Waals surface area contributed by atoms with Gasteiger partial charge in [0.25, 0.3) is 0 Å². The Kier molecular flexibility index (Phi) is 9.53. The van der Waals surface area contributed by atoms with Crippen molar-refractivity contribution < 1.29 is 0 Å². The van der Waals surface area contributed by atoms with E-state index in [4.69, 9.17) is 9.98 Å². The predicted octanol–water partition coefficient (Wildman–Crippen LogP) is 10.6. The van der Waals surface area contributed by atoms with Crippen LogP contribution in [-0.2, 0) is 12.8 Å². The van der Waals surface area contributed by atoms with Gasteiger partial charge in [0.05, 0.1) is 22.8 Å². The van der Waals surface area contributed by atoms with E-state index in [2.05, 4.69) is 140 Å². The van der Waals surface area contributed by atoms with Crippen molar-refractivity contribution in [1.82, 2.24) is 0 Å². The third-order valence-corrected chi connectivity index (χ3v) is 8.25. The van der Waals surface area contributed by atoms with Gasteiger partial charge in [-0.25, -0.2) is 0 Å². The maximum Gasteiger partial charge on any atom is 0.0694 e. The molecular weight excluding hydrogens is 484 g/mol. The van der Waals surface area contributed by atoms with Gasteiger partial charge in [-0.2, -0.15) is 0 Å². The highest BCUT2D eigenvalue weighted by atomic mass is 14.8. The van der Waals surface area contributed by atoms with Crippen LogP contribution in [0.25, 0.3) is 0 Å². The minimum Gasteiger partial charge on any atom is -0.251 e. The molecule has 0 aliphatic rings. The summed E-state index contributed by atoms with van der Waals surface area (Å²) in [4.78, 5) is 10.3. The molecule has 206 valence electrons. The zero-order valence-electron chi connectivity index (χ0n) is 25.5. The molecule has 2 nitrogen and oxygen atoms in total. The molecule has 0 unspecified atom stereocenters. The summed E-state index contributed by atoms with van der Waals surface area (Å²) in [5.41, 5.74) is 14.5. The van der Waals surface area contributed by atoms with Crippen molar-refractivity contribution in [1.29, 1.82) is 0 Å². The van der Waals surface area contributed by atoms with E-state index in [0.29, 0.717) is 11.8 Å². The number of benzene rings is 4. The van der Waals surface area contributed by atoms with Crippen LogP contribution in [0.5, 0.6) is 0 Å². The molecule has 0 N–H and O–H groups in total. The van der Waals surface area contributed by atoms with Gasteiger partial charge in [-0.1, -0.05) is 113 Å². The second-order valence-corrected chi connectivity index (χ2v) is 11.1. The van der Waals surface area contributed by atoms with E-state index in [1.54, 1.807) is 0 Å². The Morgan fingerprint density at radius 3 is 1.23 bits per heavy atom. The lowest BCUT2D eigenvalue weighted by atomic mass is 9.89. The summed E-state index contributed by atoms with van der Waals surface area (Å²) in [6.07, 6.45) is 1.89. The highest BCUT2D eigenvalue weighted by molar-refractivity contribution is 6.41. The van der Waals surface area contributed by atoms with Crippen LogP contribution >= 0.6 is 0 Å². The van der Waals surface area contributed by atoms with Crippen LogP contribution in [0.2, 0.25) is 0 Å². The summed E-state index contributed by atoms with van der Waals surface area (Å²) in [6, 6.07) is 30.8. The van der Waals surface area contributed by atoms with Gasteiger partial charge < -0.3 is 0 Å². The molecule has 0 amide bonds. The van der Waals surface area contributed by atoms with Gasteiger partial charge in [0.15, 0.2) is 0 Å². The van der Waals surface area contributed by atoms with Crippen LogP contribution in [0.1, 0.15) is 97.9 Å². The van der Waals surface area contributed by atoms with Gasteiger partial charge in [-0.15, -0.1) is 0 Å². The van der Waals surface area contributed by atoms with Gasteiger partial charge in [0.1, 0.15) is 0 Å². The fraction of sp³-hybridized carbons (Fsp3) is 0.316. The number of hydrogen-bond donors (Lipinski definition) is 0. The van der Waals surface area contributed by atoms with E-state index in [1.807, 2.05) is 0 Å². The minimum absolute atomic E-state index is 0.343. The maximum absolute atomic E-state index is 5.16. The van der Waals surface area contributed by atoms with E-state index >= 15 is 0 Å². The average Bonchev–Trinajstić information content (AvgIpc) is 2.98. The van der Waals surface area contributed by atoms with Crippen LogP contribution in [-0.4, -0.2) is 11.4 Å². The Bertz CT molecular complexity index is 1390. The number of hydrogen-bond acceptors (Lipinski definition) is 2. The Morgan fingerprint density at radius 2 is 0.900 bits per heavy atom. The van der Waals surface area contributed by atoms with Crippen LogP contribution in [0.3, 0.4) is 0 Å². The minimum atomic E-state index is 0.343. The molecular formula is C38H44N2. The molecule has 0 saturated carbocycles. The highest BCUT2D eigenvalue weighted by Gasteiger charge is 2.16. The molecule has 2 heteroatoms. The topological polar surface area (TPSA) is 24.7 Å². The third kappa shape index (κ3) is 6.50. The fourth-order valence-electron chi connectivity index (χ4n) is 5.49. The van der Waals surface area contributed by atoms with Crippen LogP contribution in [0, 0.1) is 13.8 Å². The molecule has 0 aromatic heterocycles. The Balaban J connectivity index is 1.66. The standard InChI is InChI=1S/C38H44N2/c1-9-31-23-35(27(5)33-17-13-11-14-18-33)21-25(3)37(31)39-29(7)30(8)40-38-26(4)22-36(24-32(38)10-2)28(6)34-19-15-12-16-20-34/h11-24,27-28H,9-10H2,1-8H3/t27-,28+. The number of aliphatic imine (C=N–C) groups is 2. The van der Waals surface area contributed by atoms with E-state index in [0.717, 1.165) is 35.6 Å². The van der Waals surface area contributed by atoms with E-state index in [9.17, 15) is 0 Å². The van der Waals surface area contributed by atoms with Crippen molar-refractivity contribution >= 4 is 22.8 Å². The zero-order valence-corrected chi connectivity index (χ0v) is 25.5. The van der Waals surface area contributed by atoms with Gasteiger partial charge in [0.2, 0.25) is 0 Å². The summed E-state index contributed by atoms with van der Waals surface area (Å²) in [5, 5.41) is 0. The summed E-state index contributed by atoms with van der Waals surface area (Å²) >= 11 is 0. The van der Waals surface area contributed by atoms with Crippen LogP contribution < -0.4 is 0 Å². The van der Waals surface area contributed by atoms with E-state index in [-0.39, 0.29) is 0 Å². The lowest BCUT2D eigenvalue weighted by Crippen LogP contribution is -2.07. The van der Waals surface area contributed by atoms with Crippen molar-refractivity contribution in [2.75, 3.05) is 0 Å². The molecule has 0 bridgehead atoms. The first-order chi connectivity index (χ1) is 19.2. The van der Waals surface area contributed by atoms with Crippen molar-refractivity contribution in [3.05, 3.63) is 129 Å². The maximum atomic E-state index is 5.16. The SMILES string of the molecule is CCc1cc([C@H](C)c2ccccc2)cc(C)c1N=C(C)C(C)=Nc1c(C)cc([C@@H](C)c2ccccc2)cc1CC. The predicted molar refractivity (Wildman–Crippen MR) is 175 cm³/mol. The highest BCUT2D eigenvalue weighted by Crippen LogP contribution is 2.34. The molecule has 40 heavy (non-hydrogen) atoms. The zero-order chi connectivity index (χ0) is 28.8. The van der Waals surface area contributed by atoms with Gasteiger partial charge in [-0.3, -0.25) is 9.98 Å². The first-order valence-corrected chi connectivity index (χ1v) is 14.7. The normalized spacial score (nSPS) is 13.8. The second-order valence-electron chi connectivity index (χ2n) is 11.1. The second kappa shape index (κ2) is 13.0. The molecule has 4 aromatic carbocycles. The van der Waals surface area contributed by atoms with Crippen molar-refractivity contribution in [2.45, 2.75) is 80.1 Å². The smallest absolute Gasteiger partial charge is 0.0694 e. The Hall–Kier alpha value is -3.78. The summed E-state index contributed by atoms with van der Waals surface area (Å²) in [6.45, 7) is 17.6. The number of aryl methyl sites for hydroxylation is 4. The average molecular weight is 529 g/mol. The summed E-state index contributed by atoms with van der Waals surface area (Å²) < 4.78 is 0. The molecule has 0 aliphatic carbocycles. The fourth-order valence-corrected chi connectivity index (χ4v) is 5.49. The summed E-state index contributed by atoms with van der Waals surface area (Å²) in [7, 11) is 0. The molecule has 0 saturated heterocycles. The van der Waals surface area contributed by atoms with E-state index < -0.39 is 0 Å². The molecule has 0 aliphatic heterocycles. The van der Waals surface area contributed by atoms with Crippen molar-refractivity contribution in [3.8, 4) is 0 Å². The van der Waals surface area contributed by atoms with Gasteiger partial charge in [-0.05, 0) is 85.0 Å². The first kappa shape index (κ1) is 29.2. The molecule has 0 radical (unpaired) electrons. The monoisotopic (exact) mass is 528 g/mol. The molecule has 0 heterocycles. The number of nitrogens with zero attached hydrogens (tertiary/aromatic N) is 2. The largest absolute Gasteiger partial charge is 0.251 e. The Labute approximate surface area is 242 Å². The summed E-state index contributed by atoms with van der Waals surface area (Å²) in [5.74, 6) is 0.686. The van der Waals surface area contributed by atoms with Gasteiger partial charge >= 0.3 is 0 Å². The lowest BCUT2D eigenvalue weighted by Gasteiger charge is -2.18. The van der Waals surface area contributed by atoms with E-state index in [1.165, 1.54) is 44.5 Å². The quantitative estimate of drug-likeness (QED) is 0.193. The molecule has 0 fully saturated rings. The molecule has 4 aromatic rings. The van der Waals surface area contributed by atoms with Crippen molar-refractivity contribution in [2.24, 2.45) is 9.98 Å². The van der Waals surface area contributed by atoms with Gasteiger partial charge in [0, 0.05) is 11.8 Å². The first-order valence-electron chi connectivity index (χ1n) is 14.7. The Morgan fingerprint density at radius 1 is 0.550 bits per heavy atom. The van der Waals surface area contributed by atoms with Crippen LogP contribution in [0.4, 0.5) is 11.4 Å². The molecule has 0 spiro atoms. The molecule has 4 rings (SSSR count). The molecule has 2 atom stereocenters. The lowest BCUT2D eigenvalue weighted by molar-refractivity contribution is 0.913. The third-order valence-electron chi connectivity index (χ3n) is 8.25. The van der Waals surface area contributed by atoms with Crippen molar-refractivity contribution in [3.63, 3.8) is 0 Å².